The lowest BCUT2D eigenvalue weighted by molar-refractivity contribution is -0.247. The molecule has 1 saturated carbocycles. The summed E-state index contributed by atoms with van der Waals surface area (Å²) in [6, 6.07) is 7.44. The van der Waals surface area contributed by atoms with Gasteiger partial charge in [0.1, 0.15) is 0 Å². The van der Waals surface area contributed by atoms with Crippen LogP contribution in [0.3, 0.4) is 0 Å². The highest BCUT2D eigenvalue weighted by atomic mass is 17.2. The molecule has 2 unspecified atom stereocenters. The van der Waals surface area contributed by atoms with Crippen LogP contribution in [0.15, 0.2) is 24.3 Å². The highest BCUT2D eigenvalue weighted by Crippen LogP contribution is 2.35. The van der Waals surface area contributed by atoms with Crippen molar-refractivity contribution in [3.05, 3.63) is 41.5 Å². The van der Waals surface area contributed by atoms with Gasteiger partial charge in [-0.3, -0.25) is 4.89 Å². The maximum Gasteiger partial charge on any atom is 0.373 e. The number of carbonyl (C=O) groups is 1. The van der Waals surface area contributed by atoms with E-state index in [1.807, 2.05) is 12.1 Å². The molecule has 0 heterocycles. The largest absolute Gasteiger partial charge is 0.373 e. The first-order valence-corrected chi connectivity index (χ1v) is 7.43. The molecule has 0 aromatic heterocycles. The summed E-state index contributed by atoms with van der Waals surface area (Å²) >= 11 is 0. The fraction of sp³-hybridized carbons (Fsp3) is 0.529. The molecule has 0 N–H and O–H groups in total. The van der Waals surface area contributed by atoms with Gasteiger partial charge in [-0.05, 0) is 55.2 Å². The van der Waals surface area contributed by atoms with Crippen LogP contribution >= 0.6 is 0 Å². The number of benzene rings is 1. The van der Waals surface area contributed by atoms with Gasteiger partial charge in [0.2, 0.25) is 0 Å². The highest BCUT2D eigenvalue weighted by Gasteiger charge is 2.29. The first-order chi connectivity index (χ1) is 9.60. The van der Waals surface area contributed by atoms with Crippen molar-refractivity contribution < 1.29 is 14.6 Å². The Morgan fingerprint density at radius 1 is 1.25 bits per heavy atom. The molecule has 0 saturated heterocycles. The van der Waals surface area contributed by atoms with Crippen LogP contribution in [0.5, 0.6) is 0 Å². The highest BCUT2D eigenvalue weighted by molar-refractivity contribution is 5.88. The zero-order chi connectivity index (χ0) is 14.5. The number of carbonyl (C=O) groups excluding carboxylic acids is 1. The Balaban J connectivity index is 1.85. The summed E-state index contributed by atoms with van der Waals surface area (Å²) in [6.45, 7) is 6.45. The van der Waals surface area contributed by atoms with Crippen LogP contribution in [0, 0.1) is 17.9 Å². The minimum atomic E-state index is -0.425. The first-order valence-electron chi connectivity index (χ1n) is 7.43. The van der Waals surface area contributed by atoms with Crippen LogP contribution < -0.4 is 0 Å². The first kappa shape index (κ1) is 15.0. The van der Waals surface area contributed by atoms with Crippen molar-refractivity contribution >= 4 is 5.97 Å². The molecule has 109 valence electrons. The number of rotatable bonds is 4. The predicted octanol–water partition coefficient (Wildman–Crippen LogP) is 4.33. The molecule has 1 fully saturated rings. The van der Waals surface area contributed by atoms with Gasteiger partial charge in [-0.15, -0.1) is 0 Å². The molecule has 1 aliphatic rings. The summed E-state index contributed by atoms with van der Waals surface area (Å²) in [5.41, 5.74) is 1.73. The Bertz CT molecular complexity index is 438. The van der Waals surface area contributed by atoms with E-state index in [9.17, 15) is 4.79 Å². The Labute approximate surface area is 121 Å². The molecule has 0 spiro atoms. The molecule has 0 amide bonds. The van der Waals surface area contributed by atoms with Crippen molar-refractivity contribution in [1.82, 2.24) is 0 Å². The second-order valence-corrected chi connectivity index (χ2v) is 5.75. The number of aryl methyl sites for hydroxylation is 1. The number of hydrogen-bond acceptors (Lipinski definition) is 3. The Hall–Kier alpha value is -1.35. The molecule has 1 aromatic rings. The summed E-state index contributed by atoms with van der Waals surface area (Å²) in [7, 11) is 0. The second kappa shape index (κ2) is 6.89. The predicted molar refractivity (Wildman–Crippen MR) is 77.7 cm³/mol. The Kier molecular flexibility index (Phi) is 5.18. The van der Waals surface area contributed by atoms with Gasteiger partial charge in [-0.25, -0.2) is 4.79 Å². The normalized spacial score (nSPS) is 23.6. The van der Waals surface area contributed by atoms with Crippen molar-refractivity contribution in [2.45, 2.75) is 46.5 Å². The molecular weight excluding hydrogens is 252 g/mol. The summed E-state index contributed by atoms with van der Waals surface area (Å²) < 4.78 is 0. The molecule has 2 rings (SSSR count). The van der Waals surface area contributed by atoms with E-state index in [0.29, 0.717) is 11.5 Å². The van der Waals surface area contributed by atoms with Crippen LogP contribution in [0.25, 0.3) is 0 Å². The molecule has 1 aliphatic carbocycles. The zero-order valence-corrected chi connectivity index (χ0v) is 12.5. The third kappa shape index (κ3) is 3.83. The van der Waals surface area contributed by atoms with E-state index < -0.39 is 5.97 Å². The molecule has 3 nitrogen and oxygen atoms in total. The van der Waals surface area contributed by atoms with Gasteiger partial charge in [-0.2, -0.15) is 4.89 Å². The van der Waals surface area contributed by atoms with Crippen LogP contribution in [0.2, 0.25) is 0 Å². The minimum Gasteiger partial charge on any atom is -0.292 e. The molecule has 1 radical (unpaired) electrons. The zero-order valence-electron chi connectivity index (χ0n) is 12.5. The average Bonchev–Trinajstić information content (AvgIpc) is 2.46. The Morgan fingerprint density at radius 3 is 2.55 bits per heavy atom. The molecule has 1 aromatic carbocycles. The van der Waals surface area contributed by atoms with E-state index in [-0.39, 0.29) is 0 Å². The SMILES string of the molecule is CCc1ccc(C(=O)OO[C]2CCC(C)CC2C)cc1. The third-order valence-corrected chi connectivity index (χ3v) is 4.01. The van der Waals surface area contributed by atoms with Gasteiger partial charge < -0.3 is 0 Å². The van der Waals surface area contributed by atoms with Gasteiger partial charge in [0.25, 0.3) is 0 Å². The molecule has 0 bridgehead atoms. The summed E-state index contributed by atoms with van der Waals surface area (Å²) in [5, 5.41) is 0. The Morgan fingerprint density at radius 2 is 1.95 bits per heavy atom. The van der Waals surface area contributed by atoms with Crippen LogP contribution in [0.4, 0.5) is 0 Å². The van der Waals surface area contributed by atoms with Crippen LogP contribution in [-0.4, -0.2) is 5.97 Å². The monoisotopic (exact) mass is 275 g/mol. The molecule has 20 heavy (non-hydrogen) atoms. The van der Waals surface area contributed by atoms with Crippen molar-refractivity contribution in [2.75, 3.05) is 0 Å². The van der Waals surface area contributed by atoms with E-state index in [2.05, 4.69) is 20.8 Å². The van der Waals surface area contributed by atoms with Gasteiger partial charge >= 0.3 is 5.97 Å². The molecule has 0 aliphatic heterocycles. The van der Waals surface area contributed by atoms with Crippen molar-refractivity contribution in [3.8, 4) is 0 Å². The average molecular weight is 275 g/mol. The van der Waals surface area contributed by atoms with Crippen LogP contribution in [0.1, 0.15) is 56.0 Å². The van der Waals surface area contributed by atoms with E-state index in [1.165, 1.54) is 5.56 Å². The van der Waals surface area contributed by atoms with E-state index >= 15 is 0 Å². The topological polar surface area (TPSA) is 35.5 Å². The van der Waals surface area contributed by atoms with Gasteiger partial charge in [0.05, 0.1) is 5.56 Å². The molecule has 2 atom stereocenters. The van der Waals surface area contributed by atoms with Gasteiger partial charge in [-0.1, -0.05) is 32.9 Å². The standard InChI is InChI=1S/C17H23O3/c1-4-14-6-8-15(9-7-14)17(18)20-19-16-10-5-12(2)11-13(16)3/h6-9,12-13H,4-5,10-11H2,1-3H3. The third-order valence-electron chi connectivity index (χ3n) is 4.01. The lowest BCUT2D eigenvalue weighted by Crippen LogP contribution is -2.23. The van der Waals surface area contributed by atoms with Gasteiger partial charge in [0.15, 0.2) is 6.10 Å². The van der Waals surface area contributed by atoms with Crippen molar-refractivity contribution in [1.29, 1.82) is 0 Å². The van der Waals surface area contributed by atoms with Crippen molar-refractivity contribution in [2.24, 2.45) is 11.8 Å². The summed E-state index contributed by atoms with van der Waals surface area (Å²) in [4.78, 5) is 22.2. The lowest BCUT2D eigenvalue weighted by atomic mass is 9.81. The minimum absolute atomic E-state index is 0.356. The van der Waals surface area contributed by atoms with Crippen molar-refractivity contribution in [3.63, 3.8) is 0 Å². The number of hydrogen-bond donors (Lipinski definition) is 0. The summed E-state index contributed by atoms with van der Waals surface area (Å²) in [5.74, 6) is 0.648. The fourth-order valence-corrected chi connectivity index (χ4v) is 2.63. The lowest BCUT2D eigenvalue weighted by Gasteiger charge is -2.29. The van der Waals surface area contributed by atoms with Gasteiger partial charge in [0, 0.05) is 0 Å². The molecule has 3 heteroatoms. The van der Waals surface area contributed by atoms with E-state index in [0.717, 1.165) is 37.7 Å². The second-order valence-electron chi connectivity index (χ2n) is 5.75. The molecular formula is C17H23O3. The smallest absolute Gasteiger partial charge is 0.292 e. The van der Waals surface area contributed by atoms with Crippen LogP contribution in [-0.2, 0) is 16.2 Å². The quantitative estimate of drug-likeness (QED) is 0.606. The maximum atomic E-state index is 11.9. The fourth-order valence-electron chi connectivity index (χ4n) is 2.63. The summed E-state index contributed by atoms with van der Waals surface area (Å²) in [6.07, 6.45) is 4.92. The maximum absolute atomic E-state index is 11.9. The van der Waals surface area contributed by atoms with E-state index in [4.69, 9.17) is 9.78 Å². The van der Waals surface area contributed by atoms with E-state index in [1.54, 1.807) is 12.1 Å².